The fourth-order valence-electron chi connectivity index (χ4n) is 4.43. The van der Waals surface area contributed by atoms with Crippen LogP contribution in [0.2, 0.25) is 5.02 Å². The van der Waals surface area contributed by atoms with E-state index >= 15 is 0 Å². The Morgan fingerprint density at radius 3 is 2.43 bits per heavy atom. The monoisotopic (exact) mass is 522 g/mol. The number of phenols is 2. The van der Waals surface area contributed by atoms with Crippen molar-refractivity contribution in [2.45, 2.75) is 33.6 Å². The minimum Gasteiger partial charge on any atom is -0.507 e. The number of Topliss-reactive ketones (excluding diaryl/α,β-unsaturated/α-hetero) is 1. The number of carbonyl (C=O) groups is 1. The quantitative estimate of drug-likeness (QED) is 0.206. The summed E-state index contributed by atoms with van der Waals surface area (Å²) in [7, 11) is 0. The van der Waals surface area contributed by atoms with Gasteiger partial charge in [-0.15, -0.1) is 0 Å². The standard InChI is InChI=1S/C29H31ClN2O5/c1-4-9-23(33)28-27(29(37-31-28)21-16-22(30)25(35)17-24(21)34)20-12-13-26(19-11-8-7-10-18(19)20)36-15-14-32(5-2)6-3/h7-8,10-13,16-17,34-35H,4-6,9,14-15H2,1-3H3. The predicted octanol–water partition coefficient (Wildman–Crippen LogP) is 6.93. The molecule has 0 unspecified atom stereocenters. The Kier molecular flexibility index (Phi) is 8.36. The third-order valence-electron chi connectivity index (χ3n) is 6.46. The fourth-order valence-corrected chi connectivity index (χ4v) is 4.60. The molecule has 1 aromatic heterocycles. The fraction of sp³-hybridized carbons (Fsp3) is 0.310. The van der Waals surface area contributed by atoms with Crippen LogP contribution >= 0.6 is 11.6 Å². The number of phenolic OH excluding ortho intramolecular Hbond substituents is 2. The lowest BCUT2D eigenvalue weighted by atomic mass is 9.92. The van der Waals surface area contributed by atoms with Crippen molar-refractivity contribution in [1.82, 2.24) is 10.1 Å². The molecule has 4 aromatic rings. The number of fused-ring (bicyclic) bond motifs is 1. The summed E-state index contributed by atoms with van der Waals surface area (Å²) in [6.45, 7) is 9.45. The number of aromatic hydroxyl groups is 2. The van der Waals surface area contributed by atoms with Crippen LogP contribution in [-0.4, -0.2) is 52.3 Å². The minimum atomic E-state index is -0.261. The number of aromatic nitrogens is 1. The van der Waals surface area contributed by atoms with Gasteiger partial charge < -0.3 is 24.4 Å². The highest BCUT2D eigenvalue weighted by atomic mass is 35.5. The molecule has 0 aliphatic heterocycles. The number of likely N-dealkylation sites (N-methyl/N-ethyl adjacent to an activating group) is 1. The molecule has 194 valence electrons. The van der Waals surface area contributed by atoms with Crippen LogP contribution in [0.3, 0.4) is 0 Å². The van der Waals surface area contributed by atoms with E-state index in [-0.39, 0.29) is 39.3 Å². The molecule has 2 N–H and O–H groups in total. The van der Waals surface area contributed by atoms with Crippen molar-refractivity contribution in [1.29, 1.82) is 0 Å². The van der Waals surface area contributed by atoms with E-state index in [0.29, 0.717) is 30.6 Å². The van der Waals surface area contributed by atoms with Crippen molar-refractivity contribution in [3.63, 3.8) is 0 Å². The minimum absolute atomic E-state index is 0.0402. The number of rotatable bonds is 11. The lowest BCUT2D eigenvalue weighted by Crippen LogP contribution is -2.27. The van der Waals surface area contributed by atoms with Crippen molar-refractivity contribution >= 4 is 28.2 Å². The zero-order valence-corrected chi connectivity index (χ0v) is 22.0. The van der Waals surface area contributed by atoms with Crippen molar-refractivity contribution < 1.29 is 24.3 Å². The summed E-state index contributed by atoms with van der Waals surface area (Å²) in [6, 6.07) is 14.1. The molecule has 0 saturated heterocycles. The SMILES string of the molecule is CCCC(=O)c1noc(-c2cc(Cl)c(O)cc2O)c1-c1ccc(OCCN(CC)CC)c2ccccc12. The Morgan fingerprint density at radius 2 is 1.73 bits per heavy atom. The molecule has 0 fully saturated rings. The lowest BCUT2D eigenvalue weighted by Gasteiger charge is -2.19. The van der Waals surface area contributed by atoms with Gasteiger partial charge in [-0.2, -0.15) is 0 Å². The average Bonchev–Trinajstić information content (AvgIpc) is 3.33. The zero-order chi connectivity index (χ0) is 26.5. The lowest BCUT2D eigenvalue weighted by molar-refractivity contribution is 0.0973. The molecular weight excluding hydrogens is 492 g/mol. The number of halogens is 1. The van der Waals surface area contributed by atoms with Crippen LogP contribution in [0.4, 0.5) is 0 Å². The maximum atomic E-state index is 13.1. The smallest absolute Gasteiger partial charge is 0.185 e. The third kappa shape index (κ3) is 5.43. The van der Waals surface area contributed by atoms with Gasteiger partial charge in [-0.05, 0) is 48.7 Å². The summed E-state index contributed by atoms with van der Waals surface area (Å²) in [4.78, 5) is 15.4. The Hall–Kier alpha value is -3.55. The summed E-state index contributed by atoms with van der Waals surface area (Å²) >= 11 is 6.15. The van der Waals surface area contributed by atoms with Gasteiger partial charge in [0.05, 0.1) is 16.1 Å². The highest BCUT2D eigenvalue weighted by Crippen LogP contribution is 2.45. The molecule has 1 heterocycles. The van der Waals surface area contributed by atoms with Crippen molar-refractivity contribution in [2.24, 2.45) is 0 Å². The molecule has 0 radical (unpaired) electrons. The zero-order valence-electron chi connectivity index (χ0n) is 21.3. The van der Waals surface area contributed by atoms with Gasteiger partial charge in [0.1, 0.15) is 23.9 Å². The molecule has 0 bridgehead atoms. The number of nitrogens with zero attached hydrogens (tertiary/aromatic N) is 2. The number of ketones is 1. The van der Waals surface area contributed by atoms with E-state index in [1.165, 1.54) is 6.07 Å². The van der Waals surface area contributed by atoms with Crippen LogP contribution in [0.15, 0.2) is 53.1 Å². The second-order valence-corrected chi connectivity index (χ2v) is 9.17. The Balaban J connectivity index is 1.87. The first-order valence-corrected chi connectivity index (χ1v) is 12.9. The van der Waals surface area contributed by atoms with Crippen LogP contribution in [0.1, 0.15) is 44.1 Å². The Labute approximate surface area is 221 Å². The molecule has 8 heteroatoms. The molecular formula is C29H31ClN2O5. The normalized spacial score (nSPS) is 11.4. The molecule has 0 spiro atoms. The average molecular weight is 523 g/mol. The summed E-state index contributed by atoms with van der Waals surface area (Å²) in [5.41, 5.74) is 1.58. The first-order valence-electron chi connectivity index (χ1n) is 12.5. The van der Waals surface area contributed by atoms with E-state index in [0.717, 1.165) is 42.2 Å². The number of ether oxygens (including phenoxy) is 1. The molecule has 7 nitrogen and oxygen atoms in total. The first kappa shape index (κ1) is 26.5. The van der Waals surface area contributed by atoms with Gasteiger partial charge in [0, 0.05) is 24.4 Å². The van der Waals surface area contributed by atoms with Gasteiger partial charge in [-0.25, -0.2) is 0 Å². The second-order valence-electron chi connectivity index (χ2n) is 8.76. The van der Waals surface area contributed by atoms with Gasteiger partial charge in [0.25, 0.3) is 0 Å². The molecule has 0 amide bonds. The van der Waals surface area contributed by atoms with Crippen LogP contribution in [-0.2, 0) is 0 Å². The summed E-state index contributed by atoms with van der Waals surface area (Å²) in [5, 5.41) is 26.4. The number of benzene rings is 3. The second kappa shape index (κ2) is 11.7. The maximum absolute atomic E-state index is 13.1. The van der Waals surface area contributed by atoms with Crippen molar-refractivity contribution in [3.05, 3.63) is 59.2 Å². The molecule has 37 heavy (non-hydrogen) atoms. The van der Waals surface area contributed by atoms with E-state index in [2.05, 4.69) is 23.9 Å². The number of carbonyl (C=O) groups excluding carboxylic acids is 1. The van der Waals surface area contributed by atoms with Gasteiger partial charge in [0.2, 0.25) is 0 Å². The van der Waals surface area contributed by atoms with Gasteiger partial charge in [-0.1, -0.05) is 61.8 Å². The van der Waals surface area contributed by atoms with E-state index in [1.807, 2.05) is 43.3 Å². The molecule has 3 aromatic carbocycles. The number of hydrogen-bond acceptors (Lipinski definition) is 7. The summed E-state index contributed by atoms with van der Waals surface area (Å²) in [5.74, 6) is 0.263. The maximum Gasteiger partial charge on any atom is 0.185 e. The summed E-state index contributed by atoms with van der Waals surface area (Å²) < 4.78 is 11.8. The van der Waals surface area contributed by atoms with Crippen molar-refractivity contribution in [2.75, 3.05) is 26.2 Å². The Bertz CT molecular complexity index is 1410. The largest absolute Gasteiger partial charge is 0.507 e. The molecule has 0 atom stereocenters. The van der Waals surface area contributed by atoms with E-state index < -0.39 is 0 Å². The molecule has 0 aliphatic rings. The molecule has 0 aliphatic carbocycles. The summed E-state index contributed by atoms with van der Waals surface area (Å²) in [6.07, 6.45) is 0.947. The first-order chi connectivity index (χ1) is 17.9. The van der Waals surface area contributed by atoms with Gasteiger partial charge >= 0.3 is 0 Å². The van der Waals surface area contributed by atoms with Gasteiger partial charge in [-0.3, -0.25) is 4.79 Å². The Morgan fingerprint density at radius 1 is 1.00 bits per heavy atom. The molecule has 4 rings (SSSR count). The molecule has 0 saturated carbocycles. The van der Waals surface area contributed by atoms with Gasteiger partial charge in [0.15, 0.2) is 17.2 Å². The van der Waals surface area contributed by atoms with Crippen LogP contribution in [0, 0.1) is 0 Å². The van der Waals surface area contributed by atoms with Crippen molar-refractivity contribution in [3.8, 4) is 39.7 Å². The van der Waals surface area contributed by atoms with Crippen LogP contribution in [0.5, 0.6) is 17.2 Å². The van der Waals surface area contributed by atoms with E-state index in [1.54, 1.807) is 0 Å². The van der Waals surface area contributed by atoms with Crippen LogP contribution in [0.25, 0.3) is 33.2 Å². The third-order valence-corrected chi connectivity index (χ3v) is 6.76. The number of hydrogen-bond donors (Lipinski definition) is 2. The van der Waals surface area contributed by atoms with E-state index in [4.69, 9.17) is 20.9 Å². The predicted molar refractivity (Wildman–Crippen MR) is 146 cm³/mol. The highest BCUT2D eigenvalue weighted by molar-refractivity contribution is 6.32. The topological polar surface area (TPSA) is 96.0 Å². The van der Waals surface area contributed by atoms with Crippen LogP contribution < -0.4 is 4.74 Å². The van der Waals surface area contributed by atoms with E-state index in [9.17, 15) is 15.0 Å². The highest BCUT2D eigenvalue weighted by Gasteiger charge is 2.27.